The summed E-state index contributed by atoms with van der Waals surface area (Å²) in [6, 6.07) is 17.5. The third-order valence-electron chi connectivity index (χ3n) is 5.65. The third-order valence-corrected chi connectivity index (χ3v) is 5.65. The van der Waals surface area contributed by atoms with Gasteiger partial charge in [-0.15, -0.1) is 0 Å². The lowest BCUT2D eigenvalue weighted by molar-refractivity contribution is -0.885. The summed E-state index contributed by atoms with van der Waals surface area (Å²) in [6.45, 7) is 4.62. The largest absolute Gasteiger partial charge is 0.344 e. The molecule has 1 fully saturated rings. The van der Waals surface area contributed by atoms with Crippen molar-refractivity contribution in [3.05, 3.63) is 71.3 Å². The van der Waals surface area contributed by atoms with Gasteiger partial charge in [-0.25, -0.2) is 4.79 Å². The summed E-state index contributed by atoms with van der Waals surface area (Å²) in [6.07, 6.45) is 2.09. The molecule has 0 radical (unpaired) electrons. The van der Waals surface area contributed by atoms with Crippen molar-refractivity contribution >= 4 is 17.8 Å². The molecule has 1 heterocycles. The maximum absolute atomic E-state index is 12.9. The molecule has 2 aromatic carbocycles. The maximum atomic E-state index is 12.9. The van der Waals surface area contributed by atoms with Gasteiger partial charge in [-0.05, 0) is 37.3 Å². The van der Waals surface area contributed by atoms with Crippen molar-refractivity contribution in [3.63, 3.8) is 0 Å². The molecule has 0 saturated carbocycles. The minimum Gasteiger partial charge on any atom is -0.326 e. The number of rotatable bonds is 9. The summed E-state index contributed by atoms with van der Waals surface area (Å²) in [5.74, 6) is -0.812. The molecule has 164 valence electrons. The van der Waals surface area contributed by atoms with Crippen LogP contribution in [0, 0.1) is 0 Å². The van der Waals surface area contributed by atoms with Crippen LogP contribution in [0.3, 0.4) is 0 Å². The number of carbonyl (C=O) groups excluding carboxylic acids is 3. The minimum absolute atomic E-state index is 0.146. The van der Waals surface area contributed by atoms with Crippen LogP contribution in [0.2, 0.25) is 0 Å². The van der Waals surface area contributed by atoms with Gasteiger partial charge in [-0.1, -0.05) is 61.5 Å². The molecule has 7 nitrogen and oxygen atoms in total. The van der Waals surface area contributed by atoms with E-state index in [1.54, 1.807) is 6.92 Å². The molecule has 31 heavy (non-hydrogen) atoms. The topological polar surface area (TPSA) is 82.9 Å². The van der Waals surface area contributed by atoms with Gasteiger partial charge >= 0.3 is 6.03 Å². The van der Waals surface area contributed by atoms with Crippen molar-refractivity contribution in [2.24, 2.45) is 0 Å². The summed E-state index contributed by atoms with van der Waals surface area (Å²) < 4.78 is 0. The van der Waals surface area contributed by atoms with Crippen LogP contribution in [0.5, 0.6) is 0 Å². The normalized spacial score (nSPS) is 19.3. The predicted octanol–water partition coefficient (Wildman–Crippen LogP) is 1.24. The van der Waals surface area contributed by atoms with E-state index in [1.165, 1.54) is 5.56 Å². The van der Waals surface area contributed by atoms with Gasteiger partial charge in [-0.3, -0.25) is 15.0 Å². The molecule has 4 amide bonds. The number of nitrogens with zero attached hydrogens (tertiary/aromatic N) is 1. The highest BCUT2D eigenvalue weighted by Crippen LogP contribution is 2.22. The lowest BCUT2D eigenvalue weighted by Crippen LogP contribution is -3.09. The first kappa shape index (κ1) is 22.5. The van der Waals surface area contributed by atoms with E-state index in [9.17, 15) is 14.4 Å². The van der Waals surface area contributed by atoms with Gasteiger partial charge < -0.3 is 10.2 Å². The Balaban J connectivity index is 1.52. The second-order valence-corrected chi connectivity index (χ2v) is 8.40. The molecule has 2 aromatic rings. The molecular weight excluding hydrogens is 392 g/mol. The summed E-state index contributed by atoms with van der Waals surface area (Å²) >= 11 is 0. The summed E-state index contributed by atoms with van der Waals surface area (Å²) in [7, 11) is 1.91. The maximum Gasteiger partial charge on any atom is 0.344 e. The minimum atomic E-state index is -1.04. The number of quaternary nitrogens is 1. The summed E-state index contributed by atoms with van der Waals surface area (Å²) in [5.41, 5.74) is 4.93. The average Bonchev–Trinajstić information content (AvgIpc) is 2.97. The number of carbonyl (C=O) groups is 3. The quantitative estimate of drug-likeness (QED) is 0.531. The second-order valence-electron chi connectivity index (χ2n) is 8.40. The third kappa shape index (κ3) is 5.70. The van der Waals surface area contributed by atoms with Gasteiger partial charge in [0, 0.05) is 5.56 Å². The zero-order valence-electron chi connectivity index (χ0n) is 18.4. The van der Waals surface area contributed by atoms with Crippen molar-refractivity contribution in [1.29, 1.82) is 0 Å². The molecule has 3 N–H and O–H groups in total. The average molecular weight is 424 g/mol. The number of likely N-dealkylation sites (N-methyl/N-ethyl adjacent to an activating group) is 1. The van der Waals surface area contributed by atoms with Crippen LogP contribution in [0.15, 0.2) is 54.6 Å². The molecule has 0 bridgehead atoms. The zero-order chi connectivity index (χ0) is 22.4. The number of urea groups is 1. The van der Waals surface area contributed by atoms with E-state index in [0.717, 1.165) is 27.5 Å². The van der Waals surface area contributed by atoms with E-state index in [4.69, 9.17) is 0 Å². The molecule has 0 spiro atoms. The number of aryl methyl sites for hydroxylation is 2. The van der Waals surface area contributed by atoms with Crippen molar-refractivity contribution in [2.75, 3.05) is 13.6 Å². The lowest BCUT2D eigenvalue weighted by Gasteiger charge is -2.22. The van der Waals surface area contributed by atoms with Gasteiger partial charge in [0.15, 0.2) is 6.54 Å². The summed E-state index contributed by atoms with van der Waals surface area (Å²) in [4.78, 5) is 38.6. The molecule has 3 rings (SSSR count). The van der Waals surface area contributed by atoms with Gasteiger partial charge in [0.1, 0.15) is 12.1 Å². The molecule has 7 heteroatoms. The highest BCUT2D eigenvalue weighted by Gasteiger charge is 2.48. The van der Waals surface area contributed by atoms with E-state index in [1.807, 2.05) is 37.4 Å². The smallest absolute Gasteiger partial charge is 0.326 e. The number of hydrogen-bond donors (Lipinski definition) is 3. The van der Waals surface area contributed by atoms with E-state index in [-0.39, 0.29) is 12.5 Å². The Kier molecular flexibility index (Phi) is 7.07. The molecule has 1 aliphatic rings. The highest BCUT2D eigenvalue weighted by atomic mass is 16.2. The Morgan fingerprint density at radius 3 is 2.32 bits per heavy atom. The number of imide groups is 1. The molecule has 2 atom stereocenters. The molecule has 0 aromatic heterocycles. The Morgan fingerprint density at radius 1 is 1.03 bits per heavy atom. The van der Waals surface area contributed by atoms with Gasteiger partial charge in [-0.2, -0.15) is 5.01 Å². The number of nitrogens with one attached hydrogen (secondary N) is 3. The van der Waals surface area contributed by atoms with Crippen LogP contribution < -0.4 is 15.6 Å². The van der Waals surface area contributed by atoms with Crippen molar-refractivity contribution in [2.45, 2.75) is 45.2 Å². The monoisotopic (exact) mass is 423 g/mol. The molecule has 0 aliphatic carbocycles. The van der Waals surface area contributed by atoms with E-state index in [2.05, 4.69) is 41.9 Å². The van der Waals surface area contributed by atoms with Gasteiger partial charge in [0.05, 0.1) is 7.05 Å². The number of amides is 4. The standard InChI is InChI=1S/C24H30N4O3/c1-4-18-10-12-20(13-11-18)16-27(3)17-21(29)26-28-22(30)24(2,25-23(28)31)15-14-19-8-6-5-7-9-19/h5-13H,4,14-17H2,1-3H3,(H,25,31)(H,26,29)/p+1/t24-/m1/s1. The molecular formula is C24H31N4O3+. The van der Waals surface area contributed by atoms with E-state index in [0.29, 0.717) is 19.4 Å². The van der Waals surface area contributed by atoms with Gasteiger partial charge in [0.25, 0.3) is 11.8 Å². The molecule has 1 saturated heterocycles. The van der Waals surface area contributed by atoms with Crippen LogP contribution in [-0.4, -0.2) is 42.0 Å². The molecule has 1 unspecified atom stereocenters. The Morgan fingerprint density at radius 2 is 1.68 bits per heavy atom. The van der Waals surface area contributed by atoms with Gasteiger partial charge in [0.2, 0.25) is 0 Å². The SMILES string of the molecule is CCc1ccc(C[NH+](C)CC(=O)NN2C(=O)N[C@](C)(CCc3ccccc3)C2=O)cc1. The predicted molar refractivity (Wildman–Crippen MR) is 118 cm³/mol. The van der Waals surface area contributed by atoms with E-state index < -0.39 is 17.5 Å². The van der Waals surface area contributed by atoms with Crippen LogP contribution in [0.4, 0.5) is 4.79 Å². The van der Waals surface area contributed by atoms with Crippen LogP contribution >= 0.6 is 0 Å². The first-order valence-corrected chi connectivity index (χ1v) is 10.7. The number of benzene rings is 2. The fourth-order valence-electron chi connectivity index (χ4n) is 3.74. The number of hydrazine groups is 1. The molecule has 1 aliphatic heterocycles. The first-order valence-electron chi connectivity index (χ1n) is 10.7. The Hall–Kier alpha value is -3.19. The van der Waals surface area contributed by atoms with Crippen molar-refractivity contribution in [3.8, 4) is 0 Å². The first-order chi connectivity index (χ1) is 14.8. The fourth-order valence-corrected chi connectivity index (χ4v) is 3.74. The zero-order valence-corrected chi connectivity index (χ0v) is 18.4. The number of hydrogen-bond acceptors (Lipinski definition) is 3. The van der Waals surface area contributed by atoms with Crippen LogP contribution in [-0.2, 0) is 29.0 Å². The van der Waals surface area contributed by atoms with Crippen molar-refractivity contribution in [1.82, 2.24) is 15.8 Å². The second kappa shape index (κ2) is 9.75. The lowest BCUT2D eigenvalue weighted by atomic mass is 9.93. The highest BCUT2D eigenvalue weighted by molar-refractivity contribution is 6.07. The van der Waals surface area contributed by atoms with Crippen LogP contribution in [0.1, 0.15) is 37.0 Å². The fraction of sp³-hybridized carbons (Fsp3) is 0.375. The van der Waals surface area contributed by atoms with Crippen molar-refractivity contribution < 1.29 is 19.3 Å². The van der Waals surface area contributed by atoms with E-state index >= 15 is 0 Å². The Bertz CT molecular complexity index is 930. The summed E-state index contributed by atoms with van der Waals surface area (Å²) in [5, 5.41) is 3.54. The Labute approximate surface area is 183 Å². The van der Waals surface area contributed by atoms with Crippen LogP contribution in [0.25, 0.3) is 0 Å².